The molecule has 0 N–H and O–H groups in total. The third kappa shape index (κ3) is 4.49. The molecule has 3 aromatic rings. The van der Waals surface area contributed by atoms with E-state index in [0.717, 1.165) is 33.5 Å². The second-order valence-electron chi connectivity index (χ2n) is 8.32. The molecule has 7 heteroatoms. The molecule has 2 aromatic carbocycles. The first-order valence-electron chi connectivity index (χ1n) is 11.0. The average molecular weight is 449 g/mol. The molecule has 1 aliphatic heterocycles. The Morgan fingerprint density at radius 3 is 2.64 bits per heavy atom. The van der Waals surface area contributed by atoms with Gasteiger partial charge in [-0.3, -0.25) is 4.79 Å². The van der Waals surface area contributed by atoms with Crippen LogP contribution in [0.15, 0.2) is 47.4 Å². The van der Waals surface area contributed by atoms with Crippen molar-refractivity contribution in [2.75, 3.05) is 20.8 Å². The van der Waals surface area contributed by atoms with Gasteiger partial charge in [-0.1, -0.05) is 23.8 Å². The Morgan fingerprint density at radius 2 is 1.97 bits per heavy atom. The van der Waals surface area contributed by atoms with Crippen LogP contribution in [0.3, 0.4) is 0 Å². The number of amides is 1. The summed E-state index contributed by atoms with van der Waals surface area (Å²) in [6.07, 6.45) is 4.43. The maximum atomic E-state index is 13.4. The minimum absolute atomic E-state index is 0.0460. The number of aromatic nitrogens is 1. The van der Waals surface area contributed by atoms with Crippen molar-refractivity contribution in [3.8, 4) is 5.75 Å². The molecule has 1 atom stereocenters. The maximum absolute atomic E-state index is 13.4. The topological polar surface area (TPSA) is 81.9 Å². The van der Waals surface area contributed by atoms with Gasteiger partial charge in [0.25, 0.3) is 0 Å². The van der Waals surface area contributed by atoms with Crippen molar-refractivity contribution in [3.63, 3.8) is 0 Å². The largest absolute Gasteiger partial charge is 0.496 e. The fraction of sp³-hybridized carbons (Fsp3) is 0.346. The van der Waals surface area contributed by atoms with Crippen molar-refractivity contribution in [2.24, 2.45) is 0 Å². The summed E-state index contributed by atoms with van der Waals surface area (Å²) in [5, 5.41) is 0. The number of benzene rings is 2. The standard InChI is InChI=1S/C26H28N2O5/c1-16-5-7-20(17(2)11-16)25-21-13-23(31-3)22(26(30)32-4)12-18(21)9-10-28(25)24(29)8-6-19-14-33-15-27-19/h5,7,11-15,25H,6,8-10H2,1-4H3. The zero-order valence-electron chi connectivity index (χ0n) is 19.4. The van der Waals surface area contributed by atoms with Crippen LogP contribution < -0.4 is 4.74 Å². The van der Waals surface area contributed by atoms with Gasteiger partial charge in [-0.2, -0.15) is 0 Å². The van der Waals surface area contributed by atoms with Gasteiger partial charge in [0.05, 0.1) is 26.0 Å². The van der Waals surface area contributed by atoms with E-state index in [1.165, 1.54) is 20.6 Å². The highest BCUT2D eigenvalue weighted by atomic mass is 16.5. The van der Waals surface area contributed by atoms with E-state index in [9.17, 15) is 9.59 Å². The molecule has 4 rings (SSSR count). The highest BCUT2D eigenvalue weighted by Gasteiger charge is 2.34. The Balaban J connectivity index is 1.78. The number of fused-ring (bicyclic) bond motifs is 1. The van der Waals surface area contributed by atoms with Crippen LogP contribution in [-0.2, 0) is 22.4 Å². The number of nitrogens with zero attached hydrogens (tertiary/aromatic N) is 2. The molecule has 172 valence electrons. The quantitative estimate of drug-likeness (QED) is 0.526. The zero-order chi connectivity index (χ0) is 23.5. The second-order valence-corrected chi connectivity index (χ2v) is 8.32. The highest BCUT2D eigenvalue weighted by Crippen LogP contribution is 2.40. The molecule has 1 aliphatic rings. The van der Waals surface area contributed by atoms with Gasteiger partial charge in [-0.15, -0.1) is 0 Å². The van der Waals surface area contributed by atoms with E-state index in [1.54, 1.807) is 6.26 Å². The van der Waals surface area contributed by atoms with Crippen LogP contribution in [0.4, 0.5) is 0 Å². The molecule has 0 radical (unpaired) electrons. The van der Waals surface area contributed by atoms with E-state index in [2.05, 4.69) is 37.0 Å². The molecule has 7 nitrogen and oxygen atoms in total. The zero-order valence-corrected chi connectivity index (χ0v) is 19.4. The van der Waals surface area contributed by atoms with Gasteiger partial charge in [0, 0.05) is 19.4 Å². The lowest BCUT2D eigenvalue weighted by molar-refractivity contribution is -0.133. The summed E-state index contributed by atoms with van der Waals surface area (Å²) in [6.45, 7) is 4.67. The first-order valence-corrected chi connectivity index (χ1v) is 11.0. The second kappa shape index (κ2) is 9.48. The summed E-state index contributed by atoms with van der Waals surface area (Å²) in [5.41, 5.74) is 6.46. The molecule has 0 saturated carbocycles. The van der Waals surface area contributed by atoms with Crippen LogP contribution in [0.2, 0.25) is 0 Å². The molecule has 0 fully saturated rings. The average Bonchev–Trinajstić information content (AvgIpc) is 3.34. The first kappa shape index (κ1) is 22.6. The van der Waals surface area contributed by atoms with Crippen LogP contribution in [-0.4, -0.2) is 42.5 Å². The molecule has 0 aliphatic carbocycles. The van der Waals surface area contributed by atoms with Crippen LogP contribution in [0.1, 0.15) is 56.3 Å². The van der Waals surface area contributed by atoms with E-state index >= 15 is 0 Å². The summed E-state index contributed by atoms with van der Waals surface area (Å²) < 4.78 is 15.5. The van der Waals surface area contributed by atoms with Crippen molar-refractivity contribution in [2.45, 2.75) is 39.2 Å². The fourth-order valence-electron chi connectivity index (χ4n) is 4.56. The van der Waals surface area contributed by atoms with Crippen molar-refractivity contribution in [3.05, 3.63) is 82.1 Å². The van der Waals surface area contributed by atoms with Gasteiger partial charge < -0.3 is 18.8 Å². The number of carbonyl (C=O) groups excluding carboxylic acids is 2. The third-order valence-corrected chi connectivity index (χ3v) is 6.21. The Labute approximate surface area is 193 Å². The first-order chi connectivity index (χ1) is 15.9. The number of aryl methyl sites for hydroxylation is 3. The Bertz CT molecular complexity index is 1170. The minimum Gasteiger partial charge on any atom is -0.496 e. The minimum atomic E-state index is -0.441. The number of oxazole rings is 1. The summed E-state index contributed by atoms with van der Waals surface area (Å²) in [7, 11) is 2.89. The van der Waals surface area contributed by atoms with Gasteiger partial charge in [-0.05, 0) is 54.7 Å². The predicted octanol–water partition coefficient (Wildman–Crippen LogP) is 4.19. The van der Waals surface area contributed by atoms with E-state index in [4.69, 9.17) is 13.9 Å². The number of methoxy groups -OCH3 is 2. The molecule has 1 aromatic heterocycles. The summed E-state index contributed by atoms with van der Waals surface area (Å²) >= 11 is 0. The SMILES string of the molecule is COC(=O)c1cc2c(cc1OC)C(c1ccc(C)cc1C)N(C(=O)CCc1cocn1)CC2. The normalized spacial score (nSPS) is 15.2. The number of rotatable bonds is 6. The molecule has 0 saturated heterocycles. The molecule has 33 heavy (non-hydrogen) atoms. The van der Waals surface area contributed by atoms with Crippen molar-refractivity contribution in [1.82, 2.24) is 9.88 Å². The van der Waals surface area contributed by atoms with E-state index in [0.29, 0.717) is 37.1 Å². The number of esters is 1. The van der Waals surface area contributed by atoms with E-state index in [-0.39, 0.29) is 11.9 Å². The lowest BCUT2D eigenvalue weighted by atomic mass is 9.84. The van der Waals surface area contributed by atoms with Crippen molar-refractivity contribution in [1.29, 1.82) is 0 Å². The van der Waals surface area contributed by atoms with E-state index in [1.807, 2.05) is 17.0 Å². The van der Waals surface area contributed by atoms with Gasteiger partial charge >= 0.3 is 5.97 Å². The van der Waals surface area contributed by atoms with Crippen LogP contribution in [0.25, 0.3) is 0 Å². The predicted molar refractivity (Wildman–Crippen MR) is 122 cm³/mol. The lowest BCUT2D eigenvalue weighted by Crippen LogP contribution is -2.41. The van der Waals surface area contributed by atoms with E-state index < -0.39 is 5.97 Å². The van der Waals surface area contributed by atoms with Gasteiger partial charge in [0.2, 0.25) is 5.91 Å². The van der Waals surface area contributed by atoms with Crippen LogP contribution in [0.5, 0.6) is 5.75 Å². The van der Waals surface area contributed by atoms with Crippen molar-refractivity contribution >= 4 is 11.9 Å². The van der Waals surface area contributed by atoms with Gasteiger partial charge in [0.15, 0.2) is 6.39 Å². The number of hydrogen-bond acceptors (Lipinski definition) is 6. The Hall–Kier alpha value is -3.61. The fourth-order valence-corrected chi connectivity index (χ4v) is 4.56. The summed E-state index contributed by atoms with van der Waals surface area (Å²) in [5.74, 6) is 0.0423. The molecule has 0 bridgehead atoms. The molecular formula is C26H28N2O5. The highest BCUT2D eigenvalue weighted by molar-refractivity contribution is 5.93. The molecule has 1 unspecified atom stereocenters. The van der Waals surface area contributed by atoms with Gasteiger partial charge in [-0.25, -0.2) is 9.78 Å². The van der Waals surface area contributed by atoms with Crippen LogP contribution in [0, 0.1) is 13.8 Å². The monoisotopic (exact) mass is 448 g/mol. The summed E-state index contributed by atoms with van der Waals surface area (Å²) in [6, 6.07) is 9.72. The number of hydrogen-bond donors (Lipinski definition) is 0. The molecule has 2 heterocycles. The molecule has 0 spiro atoms. The van der Waals surface area contributed by atoms with Crippen molar-refractivity contribution < 1.29 is 23.5 Å². The molecule has 1 amide bonds. The summed E-state index contributed by atoms with van der Waals surface area (Å²) in [4.78, 5) is 31.8. The lowest BCUT2D eigenvalue weighted by Gasteiger charge is -2.39. The van der Waals surface area contributed by atoms with Crippen LogP contribution >= 0.6 is 0 Å². The smallest absolute Gasteiger partial charge is 0.341 e. The Morgan fingerprint density at radius 1 is 1.15 bits per heavy atom. The third-order valence-electron chi connectivity index (χ3n) is 6.21. The number of ether oxygens (including phenoxy) is 2. The molecular weight excluding hydrogens is 420 g/mol. The van der Waals surface area contributed by atoms with Gasteiger partial charge in [0.1, 0.15) is 17.6 Å². The maximum Gasteiger partial charge on any atom is 0.341 e. The Kier molecular flexibility index (Phi) is 6.49. The number of carbonyl (C=O) groups is 2.